The van der Waals surface area contributed by atoms with Gasteiger partial charge in [0.15, 0.2) is 0 Å². The van der Waals surface area contributed by atoms with Crippen molar-refractivity contribution in [3.05, 3.63) is 81.7 Å². The van der Waals surface area contributed by atoms with Crippen molar-refractivity contribution in [1.82, 2.24) is 0 Å². The Balaban J connectivity index is 2.15. The first kappa shape index (κ1) is 15.1. The van der Waals surface area contributed by atoms with E-state index in [0.717, 1.165) is 17.4 Å². The Morgan fingerprint density at radius 1 is 1.09 bits per heavy atom. The predicted octanol–water partition coefficient (Wildman–Crippen LogP) is 4.40. The summed E-state index contributed by atoms with van der Waals surface area (Å²) >= 11 is 0. The highest BCUT2D eigenvalue weighted by Crippen LogP contribution is 2.29. The number of para-hydroxylation sites is 1. The molecule has 1 heterocycles. The minimum absolute atomic E-state index is 0.123. The zero-order valence-electron chi connectivity index (χ0n) is 13.0. The van der Waals surface area contributed by atoms with Gasteiger partial charge in [-0.3, -0.25) is 0 Å². The highest BCUT2D eigenvalue weighted by Gasteiger charge is 2.18. The highest BCUT2D eigenvalue weighted by atomic mass is 16.4. The highest BCUT2D eigenvalue weighted by molar-refractivity contribution is 5.82. The molecule has 0 aliphatic carbocycles. The fourth-order valence-electron chi connectivity index (χ4n) is 3.01. The Hall–Kier alpha value is -2.86. The minimum Gasteiger partial charge on any atom is -0.422 e. The molecule has 0 aliphatic heterocycles. The summed E-state index contributed by atoms with van der Waals surface area (Å²) < 4.78 is 5.27. The van der Waals surface area contributed by atoms with Crippen molar-refractivity contribution in [1.29, 1.82) is 5.26 Å². The molecule has 0 aliphatic rings. The molecule has 0 unspecified atom stereocenters. The van der Waals surface area contributed by atoms with E-state index >= 15 is 0 Å². The molecule has 0 radical (unpaired) electrons. The Morgan fingerprint density at radius 3 is 2.48 bits per heavy atom. The van der Waals surface area contributed by atoms with Crippen molar-refractivity contribution in [3.63, 3.8) is 0 Å². The molecule has 3 rings (SSSR count). The maximum absolute atomic E-state index is 12.1. The first-order chi connectivity index (χ1) is 11.2. The van der Waals surface area contributed by atoms with E-state index in [9.17, 15) is 10.1 Å². The van der Waals surface area contributed by atoms with Crippen molar-refractivity contribution in [3.8, 4) is 6.07 Å². The zero-order valence-corrected chi connectivity index (χ0v) is 13.0. The monoisotopic (exact) mass is 303 g/mol. The average Bonchev–Trinajstić information content (AvgIpc) is 2.60. The molecule has 1 atom stereocenters. The van der Waals surface area contributed by atoms with Crippen LogP contribution in [0, 0.1) is 11.3 Å². The molecular weight excluding hydrogens is 286 g/mol. The molecule has 2 aromatic carbocycles. The maximum atomic E-state index is 12.1. The molecule has 0 spiro atoms. The van der Waals surface area contributed by atoms with Gasteiger partial charge in [-0.2, -0.15) is 5.26 Å². The van der Waals surface area contributed by atoms with Crippen LogP contribution in [0.1, 0.15) is 36.0 Å². The number of nitrogens with zero attached hydrogens (tertiary/aromatic N) is 1. The lowest BCUT2D eigenvalue weighted by atomic mass is 9.87. The summed E-state index contributed by atoms with van der Waals surface area (Å²) in [6.07, 6.45) is 1.58. The van der Waals surface area contributed by atoms with Gasteiger partial charge in [0.25, 0.3) is 0 Å². The van der Waals surface area contributed by atoms with Gasteiger partial charge in [-0.05, 0) is 36.0 Å². The topological polar surface area (TPSA) is 54.0 Å². The normalized spacial score (nSPS) is 12.0. The number of fused-ring (bicyclic) bond motifs is 1. The molecule has 0 N–H and O–H groups in total. The summed E-state index contributed by atoms with van der Waals surface area (Å²) in [6, 6.07) is 19.6. The first-order valence-corrected chi connectivity index (χ1v) is 7.74. The lowest BCUT2D eigenvalue weighted by Gasteiger charge is -2.17. The van der Waals surface area contributed by atoms with Gasteiger partial charge < -0.3 is 4.42 Å². The third-order valence-corrected chi connectivity index (χ3v) is 4.25. The lowest BCUT2D eigenvalue weighted by Crippen LogP contribution is -2.12. The molecule has 3 nitrogen and oxygen atoms in total. The predicted molar refractivity (Wildman–Crippen MR) is 90.4 cm³/mol. The van der Waals surface area contributed by atoms with Crippen molar-refractivity contribution >= 4 is 11.0 Å². The maximum Gasteiger partial charge on any atom is 0.354 e. The number of hydrogen-bond acceptors (Lipinski definition) is 3. The largest absolute Gasteiger partial charge is 0.422 e. The van der Waals surface area contributed by atoms with E-state index in [1.54, 1.807) is 6.07 Å². The second kappa shape index (κ2) is 6.50. The fourth-order valence-corrected chi connectivity index (χ4v) is 3.01. The first-order valence-electron chi connectivity index (χ1n) is 7.74. The van der Waals surface area contributed by atoms with E-state index in [1.165, 1.54) is 5.56 Å². The molecular formula is C20H17NO2. The van der Waals surface area contributed by atoms with Gasteiger partial charge in [-0.25, -0.2) is 4.79 Å². The van der Waals surface area contributed by atoms with Crippen molar-refractivity contribution in [2.24, 2.45) is 0 Å². The smallest absolute Gasteiger partial charge is 0.354 e. The van der Waals surface area contributed by atoms with Gasteiger partial charge in [-0.15, -0.1) is 0 Å². The van der Waals surface area contributed by atoms with E-state index < -0.39 is 5.63 Å². The van der Waals surface area contributed by atoms with Gasteiger partial charge in [0.2, 0.25) is 0 Å². The summed E-state index contributed by atoms with van der Waals surface area (Å²) in [5.41, 5.74) is 2.11. The lowest BCUT2D eigenvalue weighted by molar-refractivity contribution is 0.553. The molecule has 0 saturated carbocycles. The van der Waals surface area contributed by atoms with Gasteiger partial charge in [0.05, 0.1) is 0 Å². The van der Waals surface area contributed by atoms with Crippen LogP contribution in [0.2, 0.25) is 0 Å². The van der Waals surface area contributed by atoms with Crippen LogP contribution >= 0.6 is 0 Å². The molecule has 114 valence electrons. The summed E-state index contributed by atoms with van der Waals surface area (Å²) in [6.45, 7) is 2.12. The molecule has 1 aromatic heterocycles. The third-order valence-electron chi connectivity index (χ3n) is 4.25. The van der Waals surface area contributed by atoms with E-state index in [0.29, 0.717) is 12.0 Å². The molecule has 23 heavy (non-hydrogen) atoms. The van der Waals surface area contributed by atoms with Crippen molar-refractivity contribution in [2.45, 2.75) is 25.7 Å². The number of rotatable bonds is 4. The van der Waals surface area contributed by atoms with Crippen LogP contribution in [0.4, 0.5) is 0 Å². The number of nitriles is 1. The van der Waals surface area contributed by atoms with Crippen LogP contribution in [0.3, 0.4) is 0 Å². The molecule has 0 bridgehead atoms. The van der Waals surface area contributed by atoms with E-state index in [4.69, 9.17) is 4.42 Å². The Labute approximate surface area is 134 Å². The zero-order chi connectivity index (χ0) is 16.2. The fraction of sp³-hybridized carbons (Fsp3) is 0.200. The molecule has 0 saturated heterocycles. The van der Waals surface area contributed by atoms with Crippen LogP contribution in [0.25, 0.3) is 11.0 Å². The summed E-state index contributed by atoms with van der Waals surface area (Å²) in [5.74, 6) is 0.258. The van der Waals surface area contributed by atoms with Crippen molar-refractivity contribution in [2.75, 3.05) is 0 Å². The van der Waals surface area contributed by atoms with E-state index in [1.807, 2.05) is 42.5 Å². The van der Waals surface area contributed by atoms with Gasteiger partial charge in [-0.1, -0.05) is 55.5 Å². The SMILES string of the molecule is CC[C@H](Cc1c(C#N)c(=O)oc2ccccc12)c1ccccc1. The Morgan fingerprint density at radius 2 is 1.78 bits per heavy atom. The second-order valence-corrected chi connectivity index (χ2v) is 5.57. The average molecular weight is 303 g/mol. The molecule has 3 aromatic rings. The quantitative estimate of drug-likeness (QED) is 0.671. The third kappa shape index (κ3) is 2.89. The van der Waals surface area contributed by atoms with Crippen LogP contribution in [0.15, 0.2) is 63.8 Å². The molecule has 3 heteroatoms. The van der Waals surface area contributed by atoms with Crippen LogP contribution < -0.4 is 5.63 Å². The molecule has 0 amide bonds. The van der Waals surface area contributed by atoms with E-state index in [-0.39, 0.29) is 11.5 Å². The summed E-state index contributed by atoms with van der Waals surface area (Å²) in [7, 11) is 0. The van der Waals surface area contributed by atoms with Crippen molar-refractivity contribution < 1.29 is 4.42 Å². The van der Waals surface area contributed by atoms with Gasteiger partial charge >= 0.3 is 5.63 Å². The van der Waals surface area contributed by atoms with Gasteiger partial charge in [0, 0.05) is 5.39 Å². The van der Waals surface area contributed by atoms with Crippen LogP contribution in [-0.2, 0) is 6.42 Å². The van der Waals surface area contributed by atoms with Crippen LogP contribution in [0.5, 0.6) is 0 Å². The van der Waals surface area contributed by atoms with E-state index in [2.05, 4.69) is 19.1 Å². The standard InChI is InChI=1S/C20H17NO2/c1-2-14(15-8-4-3-5-9-15)12-17-16-10-6-7-11-19(16)23-20(22)18(17)13-21/h3-11,14H,2,12H2,1H3/t14-/m1/s1. The Kier molecular flexibility index (Phi) is 4.25. The number of benzene rings is 2. The minimum atomic E-state index is -0.552. The van der Waals surface area contributed by atoms with Gasteiger partial charge in [0.1, 0.15) is 17.2 Å². The second-order valence-electron chi connectivity index (χ2n) is 5.57. The molecule has 0 fully saturated rings. The van der Waals surface area contributed by atoms with Crippen LogP contribution in [-0.4, -0.2) is 0 Å². The summed E-state index contributed by atoms with van der Waals surface area (Å²) in [5, 5.41) is 10.3. The Bertz CT molecular complexity index is 920. The summed E-state index contributed by atoms with van der Waals surface area (Å²) in [4.78, 5) is 12.1. The number of hydrogen-bond donors (Lipinski definition) is 0.